The molecule has 1 aliphatic rings. The van der Waals surface area contributed by atoms with Crippen LogP contribution in [0.25, 0.3) is 0 Å². The van der Waals surface area contributed by atoms with Gasteiger partial charge in [0.1, 0.15) is 11.5 Å². The lowest BCUT2D eigenvalue weighted by molar-refractivity contribution is -0.227. The Hall–Kier alpha value is -2.64. The van der Waals surface area contributed by atoms with E-state index < -0.39 is 40.6 Å². The van der Waals surface area contributed by atoms with Gasteiger partial charge in [-0.1, -0.05) is 0 Å². The van der Waals surface area contributed by atoms with Gasteiger partial charge in [0.2, 0.25) is 10.0 Å². The summed E-state index contributed by atoms with van der Waals surface area (Å²) in [6.45, 7) is 0. The number of nitrogens with one attached hydrogen (secondary N) is 1. The lowest BCUT2D eigenvalue weighted by Gasteiger charge is -2.32. The molecule has 0 aliphatic carbocycles. The summed E-state index contributed by atoms with van der Waals surface area (Å²) in [7, 11) is -1.39. The summed E-state index contributed by atoms with van der Waals surface area (Å²) < 4.78 is 103. The Morgan fingerprint density at radius 2 is 1.75 bits per heavy atom. The molecule has 0 radical (unpaired) electrons. The molecule has 2 aromatic rings. The van der Waals surface area contributed by atoms with Gasteiger partial charge in [0.05, 0.1) is 30.8 Å². The average molecular weight is 481 g/mol. The summed E-state index contributed by atoms with van der Waals surface area (Å²) in [5, 5.41) is 5.98. The Kier molecular flexibility index (Phi) is 6.28. The first-order valence-electron chi connectivity index (χ1n) is 9.11. The quantitative estimate of drug-likeness (QED) is 0.615. The zero-order valence-corrected chi connectivity index (χ0v) is 17.7. The molecule has 13 heteroatoms. The van der Waals surface area contributed by atoms with Crippen molar-refractivity contribution in [3.05, 3.63) is 48.0 Å². The molecule has 2 unspecified atom stereocenters. The van der Waals surface area contributed by atoms with E-state index in [9.17, 15) is 30.4 Å². The van der Waals surface area contributed by atoms with E-state index in [1.54, 1.807) is 0 Å². The van der Waals surface area contributed by atoms with Crippen LogP contribution in [-0.2, 0) is 10.0 Å². The molecule has 0 saturated carbocycles. The van der Waals surface area contributed by atoms with Crippen molar-refractivity contribution in [2.45, 2.75) is 35.5 Å². The lowest BCUT2D eigenvalue weighted by Crippen LogP contribution is -2.61. The number of sulfonamides is 1. The first kappa shape index (κ1) is 24.0. The van der Waals surface area contributed by atoms with Crippen molar-refractivity contribution in [3.63, 3.8) is 0 Å². The SMILES string of the molecule is COc1ccc(C2CC(C(F)F)(C(F)(F)F)NN2c2ccc(S(N)(=O)=O)cc2)c(OC)c1. The van der Waals surface area contributed by atoms with Gasteiger partial charge >= 0.3 is 6.18 Å². The maximum absolute atomic E-state index is 13.9. The molecule has 0 spiro atoms. The highest BCUT2D eigenvalue weighted by atomic mass is 32.2. The van der Waals surface area contributed by atoms with Crippen molar-refractivity contribution in [2.24, 2.45) is 5.14 Å². The Morgan fingerprint density at radius 1 is 1.12 bits per heavy atom. The van der Waals surface area contributed by atoms with Crippen LogP contribution >= 0.6 is 0 Å². The van der Waals surface area contributed by atoms with Crippen LogP contribution in [0.1, 0.15) is 18.0 Å². The maximum Gasteiger partial charge on any atom is 0.413 e. The zero-order valence-electron chi connectivity index (χ0n) is 16.9. The van der Waals surface area contributed by atoms with Crippen LogP contribution in [0.4, 0.5) is 27.6 Å². The highest BCUT2D eigenvalue weighted by molar-refractivity contribution is 7.89. The van der Waals surface area contributed by atoms with Crippen molar-refractivity contribution < 1.29 is 39.8 Å². The summed E-state index contributed by atoms with van der Waals surface area (Å²) in [4.78, 5) is -0.282. The van der Waals surface area contributed by atoms with Gasteiger partial charge in [-0.25, -0.2) is 27.8 Å². The number of halogens is 5. The molecule has 1 saturated heterocycles. The molecule has 7 nitrogen and oxygen atoms in total. The van der Waals surface area contributed by atoms with Crippen LogP contribution in [0.15, 0.2) is 47.4 Å². The van der Waals surface area contributed by atoms with Crippen LogP contribution in [0.3, 0.4) is 0 Å². The minimum atomic E-state index is -5.30. The van der Waals surface area contributed by atoms with Gasteiger partial charge < -0.3 is 9.47 Å². The third-order valence-electron chi connectivity index (χ3n) is 5.27. The van der Waals surface area contributed by atoms with Crippen LogP contribution in [0.5, 0.6) is 11.5 Å². The van der Waals surface area contributed by atoms with Gasteiger partial charge in [-0.2, -0.15) is 13.2 Å². The second-order valence-electron chi connectivity index (χ2n) is 7.12. The molecule has 3 rings (SSSR count). The molecule has 2 atom stereocenters. The molecule has 32 heavy (non-hydrogen) atoms. The van der Waals surface area contributed by atoms with Crippen molar-refractivity contribution in [3.8, 4) is 11.5 Å². The van der Waals surface area contributed by atoms with Crippen LogP contribution in [0, 0.1) is 0 Å². The summed E-state index contributed by atoms with van der Waals surface area (Å²) in [5.74, 6) is 0.492. The van der Waals surface area contributed by atoms with E-state index in [1.807, 2.05) is 5.43 Å². The monoisotopic (exact) mass is 481 g/mol. The third kappa shape index (κ3) is 4.19. The van der Waals surface area contributed by atoms with E-state index >= 15 is 0 Å². The number of hydrogen-bond acceptors (Lipinski definition) is 6. The van der Waals surface area contributed by atoms with E-state index in [1.165, 1.54) is 44.6 Å². The normalized spacial score (nSPS) is 21.8. The fourth-order valence-electron chi connectivity index (χ4n) is 3.56. The molecule has 3 N–H and O–H groups in total. The zero-order chi connectivity index (χ0) is 23.9. The van der Waals surface area contributed by atoms with Gasteiger partial charge in [-0.3, -0.25) is 5.01 Å². The van der Waals surface area contributed by atoms with Gasteiger partial charge in [-0.05, 0) is 36.4 Å². The molecule has 1 heterocycles. The first-order chi connectivity index (χ1) is 14.8. The molecule has 2 aromatic carbocycles. The van der Waals surface area contributed by atoms with Gasteiger partial charge in [0, 0.05) is 18.1 Å². The molecule has 0 aromatic heterocycles. The number of nitrogens with zero attached hydrogens (tertiary/aromatic N) is 1. The number of ether oxygens (including phenoxy) is 2. The Balaban J connectivity index is 2.16. The lowest BCUT2D eigenvalue weighted by atomic mass is 9.90. The molecule has 176 valence electrons. The number of rotatable bonds is 6. The summed E-state index contributed by atoms with van der Waals surface area (Å²) >= 11 is 0. The van der Waals surface area contributed by atoms with Crippen molar-refractivity contribution in [1.29, 1.82) is 0 Å². The Labute approximate surface area is 180 Å². The number of anilines is 1. The smallest absolute Gasteiger partial charge is 0.413 e. The Bertz CT molecular complexity index is 1080. The van der Waals surface area contributed by atoms with Crippen molar-refractivity contribution in [2.75, 3.05) is 19.2 Å². The van der Waals surface area contributed by atoms with E-state index in [2.05, 4.69) is 0 Å². The van der Waals surface area contributed by atoms with Crippen LogP contribution in [-0.4, -0.2) is 40.8 Å². The number of alkyl halides is 5. The minimum Gasteiger partial charge on any atom is -0.497 e. The fraction of sp³-hybridized carbons (Fsp3) is 0.368. The van der Waals surface area contributed by atoms with Crippen LogP contribution < -0.4 is 25.0 Å². The maximum atomic E-state index is 13.9. The van der Waals surface area contributed by atoms with Gasteiger partial charge in [0.15, 0.2) is 5.54 Å². The third-order valence-corrected chi connectivity index (χ3v) is 6.20. The molecule has 1 aliphatic heterocycles. The average Bonchev–Trinajstić information content (AvgIpc) is 3.15. The highest BCUT2D eigenvalue weighted by Crippen LogP contribution is 2.50. The predicted octanol–water partition coefficient (Wildman–Crippen LogP) is 3.37. The predicted molar refractivity (Wildman–Crippen MR) is 105 cm³/mol. The van der Waals surface area contributed by atoms with E-state index in [4.69, 9.17) is 14.6 Å². The number of primary sulfonamides is 1. The van der Waals surface area contributed by atoms with Crippen molar-refractivity contribution in [1.82, 2.24) is 5.43 Å². The van der Waals surface area contributed by atoms with E-state index in [0.717, 1.165) is 17.1 Å². The molecular weight excluding hydrogens is 461 g/mol. The minimum absolute atomic E-state index is 0.0204. The first-order valence-corrected chi connectivity index (χ1v) is 10.7. The standard InChI is InChI=1S/C19H20F5N3O4S/c1-30-12-5-8-14(16(9-12)31-2)15-10-18(17(20)21,19(22,23)24)26-27(15)11-3-6-13(7-4-11)32(25,28)29/h3-9,15,17,26H,10H2,1-2H3,(H2,25,28,29). The second kappa shape index (κ2) is 8.37. The summed E-state index contributed by atoms with van der Waals surface area (Å²) in [5.41, 5.74) is -1.39. The fourth-order valence-corrected chi connectivity index (χ4v) is 4.07. The Morgan fingerprint density at radius 3 is 2.22 bits per heavy atom. The summed E-state index contributed by atoms with van der Waals surface area (Å²) in [6, 6.07) is 7.57. The van der Waals surface area contributed by atoms with E-state index in [0.29, 0.717) is 5.75 Å². The number of hydrogen-bond donors (Lipinski definition) is 2. The van der Waals surface area contributed by atoms with Gasteiger partial charge in [-0.15, -0.1) is 0 Å². The topological polar surface area (TPSA) is 93.9 Å². The van der Waals surface area contributed by atoms with Crippen LogP contribution in [0.2, 0.25) is 0 Å². The highest BCUT2D eigenvalue weighted by Gasteiger charge is 2.67. The van der Waals surface area contributed by atoms with E-state index in [-0.39, 0.29) is 21.9 Å². The molecule has 0 amide bonds. The largest absolute Gasteiger partial charge is 0.497 e. The molecular formula is C19H20F5N3O4S. The van der Waals surface area contributed by atoms with Gasteiger partial charge in [0.25, 0.3) is 6.43 Å². The second-order valence-corrected chi connectivity index (χ2v) is 8.68. The van der Waals surface area contributed by atoms with Crippen molar-refractivity contribution >= 4 is 15.7 Å². The number of hydrazine groups is 1. The molecule has 0 bridgehead atoms. The number of benzene rings is 2. The molecule has 1 fully saturated rings. The number of nitrogens with two attached hydrogens (primary N) is 1. The number of methoxy groups -OCH3 is 2. The summed E-state index contributed by atoms with van der Waals surface area (Å²) in [6.07, 6.45) is -10.1.